The summed E-state index contributed by atoms with van der Waals surface area (Å²) in [4.78, 5) is 11.0. The van der Waals surface area contributed by atoms with Gasteiger partial charge < -0.3 is 10.7 Å². The van der Waals surface area contributed by atoms with Gasteiger partial charge in [-0.15, -0.1) is 0 Å². The van der Waals surface area contributed by atoms with Crippen LogP contribution in [-0.4, -0.2) is 15.0 Å². The van der Waals surface area contributed by atoms with Gasteiger partial charge in [0.25, 0.3) is 0 Å². The summed E-state index contributed by atoms with van der Waals surface area (Å²) in [6.45, 7) is 0. The first kappa shape index (κ1) is 6.84. The van der Waals surface area contributed by atoms with Crippen molar-refractivity contribution in [1.29, 1.82) is 0 Å². The van der Waals surface area contributed by atoms with Crippen LogP contribution in [0.5, 0.6) is 0 Å². The van der Waals surface area contributed by atoms with Crippen molar-refractivity contribution < 1.29 is 0 Å². The maximum atomic E-state index is 5.71. The van der Waals surface area contributed by atoms with Crippen LogP contribution in [-0.2, 0) is 0 Å². The molecule has 0 bridgehead atoms. The Morgan fingerprint density at radius 2 is 2.25 bits per heavy atom. The number of H-pyrrole nitrogens is 1. The molecule has 0 aliphatic rings. The third-order valence-electron chi connectivity index (χ3n) is 1.61. The summed E-state index contributed by atoms with van der Waals surface area (Å²) in [7, 11) is 0. The van der Waals surface area contributed by atoms with E-state index in [0.29, 0.717) is 5.69 Å². The molecule has 2 aromatic rings. The predicted molar refractivity (Wildman–Crippen MR) is 46.2 cm³/mol. The van der Waals surface area contributed by atoms with Gasteiger partial charge in [-0.25, -0.2) is 4.98 Å². The first-order valence-electron chi connectivity index (χ1n) is 3.57. The topological polar surface area (TPSA) is 67.6 Å². The molecule has 12 heavy (non-hydrogen) atoms. The molecule has 2 aromatic heterocycles. The van der Waals surface area contributed by atoms with Crippen molar-refractivity contribution in [2.45, 2.75) is 0 Å². The molecule has 0 aliphatic heterocycles. The molecule has 0 saturated carbocycles. The van der Waals surface area contributed by atoms with Gasteiger partial charge in [-0.3, -0.25) is 4.98 Å². The number of imidazole rings is 1. The average Bonchev–Trinajstić information content (AvgIpc) is 2.57. The fourth-order valence-corrected chi connectivity index (χ4v) is 1.02. The fraction of sp³-hybridized carbons (Fsp3) is 0. The van der Waals surface area contributed by atoms with Gasteiger partial charge in [0.15, 0.2) is 0 Å². The molecule has 4 heteroatoms. The van der Waals surface area contributed by atoms with Crippen LogP contribution in [0.1, 0.15) is 0 Å². The highest BCUT2D eigenvalue weighted by Crippen LogP contribution is 2.19. The van der Waals surface area contributed by atoms with E-state index in [9.17, 15) is 0 Å². The SMILES string of the molecule is Nc1ccncc1-c1ncc[nH]1. The Balaban J connectivity index is 2.55. The molecule has 0 aromatic carbocycles. The van der Waals surface area contributed by atoms with Crippen LogP contribution in [0, 0.1) is 0 Å². The van der Waals surface area contributed by atoms with E-state index in [4.69, 9.17) is 5.73 Å². The predicted octanol–water partition coefficient (Wildman–Crippen LogP) is 1.05. The van der Waals surface area contributed by atoms with Crippen molar-refractivity contribution in [3.05, 3.63) is 30.9 Å². The number of rotatable bonds is 1. The minimum absolute atomic E-state index is 0.681. The number of aromatic amines is 1. The standard InChI is InChI=1S/C8H8N4/c9-7-1-2-10-5-6(7)8-11-3-4-12-8/h1-5H,(H2,9,10)(H,11,12). The van der Waals surface area contributed by atoms with Gasteiger partial charge in [0.2, 0.25) is 0 Å². The highest BCUT2D eigenvalue weighted by Gasteiger charge is 2.02. The Bertz CT molecular complexity index is 366. The number of aromatic nitrogens is 3. The first-order valence-corrected chi connectivity index (χ1v) is 3.57. The van der Waals surface area contributed by atoms with E-state index < -0.39 is 0 Å². The van der Waals surface area contributed by atoms with E-state index in [2.05, 4.69) is 15.0 Å². The number of nitrogen functional groups attached to an aromatic ring is 1. The first-order chi connectivity index (χ1) is 5.88. The highest BCUT2D eigenvalue weighted by molar-refractivity contribution is 5.69. The lowest BCUT2D eigenvalue weighted by molar-refractivity contribution is 1.26. The van der Waals surface area contributed by atoms with Crippen LogP contribution in [0.3, 0.4) is 0 Å². The van der Waals surface area contributed by atoms with Crippen molar-refractivity contribution in [3.8, 4) is 11.4 Å². The summed E-state index contributed by atoms with van der Waals surface area (Å²) in [6.07, 6.45) is 6.78. The van der Waals surface area contributed by atoms with Gasteiger partial charge in [-0.1, -0.05) is 0 Å². The minimum atomic E-state index is 0.681. The van der Waals surface area contributed by atoms with Gasteiger partial charge in [-0.05, 0) is 6.07 Å². The lowest BCUT2D eigenvalue weighted by atomic mass is 10.2. The molecule has 0 saturated heterocycles. The van der Waals surface area contributed by atoms with Crippen molar-refractivity contribution in [1.82, 2.24) is 15.0 Å². The number of hydrogen-bond acceptors (Lipinski definition) is 3. The lowest BCUT2D eigenvalue weighted by Gasteiger charge is -1.99. The Kier molecular flexibility index (Phi) is 1.51. The molecular weight excluding hydrogens is 152 g/mol. The maximum absolute atomic E-state index is 5.71. The molecule has 0 fully saturated rings. The zero-order valence-corrected chi connectivity index (χ0v) is 6.36. The summed E-state index contributed by atoms with van der Waals surface area (Å²) in [6, 6.07) is 1.75. The number of nitrogens with one attached hydrogen (secondary N) is 1. The van der Waals surface area contributed by atoms with E-state index in [1.807, 2.05) is 0 Å². The van der Waals surface area contributed by atoms with Crippen LogP contribution in [0.15, 0.2) is 30.9 Å². The quantitative estimate of drug-likeness (QED) is 0.655. The second-order valence-electron chi connectivity index (χ2n) is 2.40. The number of anilines is 1. The number of nitrogens with two attached hydrogens (primary N) is 1. The number of nitrogens with zero attached hydrogens (tertiary/aromatic N) is 2. The summed E-state index contributed by atoms with van der Waals surface area (Å²) in [5.74, 6) is 0.751. The van der Waals surface area contributed by atoms with Gasteiger partial charge in [0, 0.05) is 30.5 Å². The average molecular weight is 160 g/mol. The van der Waals surface area contributed by atoms with E-state index in [1.54, 1.807) is 30.9 Å². The van der Waals surface area contributed by atoms with Crippen LogP contribution in [0.25, 0.3) is 11.4 Å². The molecular formula is C8H8N4. The van der Waals surface area contributed by atoms with Gasteiger partial charge in [0.05, 0.1) is 5.56 Å². The monoisotopic (exact) mass is 160 g/mol. The van der Waals surface area contributed by atoms with Gasteiger partial charge in [-0.2, -0.15) is 0 Å². The molecule has 0 radical (unpaired) electrons. The molecule has 0 atom stereocenters. The second-order valence-corrected chi connectivity index (χ2v) is 2.40. The van der Waals surface area contributed by atoms with Crippen molar-refractivity contribution >= 4 is 5.69 Å². The maximum Gasteiger partial charge on any atom is 0.140 e. The fourth-order valence-electron chi connectivity index (χ4n) is 1.02. The number of pyridine rings is 1. The largest absolute Gasteiger partial charge is 0.398 e. The molecule has 60 valence electrons. The molecule has 4 nitrogen and oxygen atoms in total. The molecule has 0 aliphatic carbocycles. The molecule has 3 N–H and O–H groups in total. The highest BCUT2D eigenvalue weighted by atomic mass is 14.9. The van der Waals surface area contributed by atoms with Gasteiger partial charge in [0.1, 0.15) is 5.82 Å². The van der Waals surface area contributed by atoms with Crippen LogP contribution >= 0.6 is 0 Å². The Labute approximate surface area is 69.5 Å². The second kappa shape index (κ2) is 2.65. The third kappa shape index (κ3) is 1.03. The molecule has 0 spiro atoms. The van der Waals surface area contributed by atoms with Crippen LogP contribution < -0.4 is 5.73 Å². The zero-order chi connectivity index (χ0) is 8.39. The normalized spacial score (nSPS) is 10.0. The summed E-state index contributed by atoms with van der Waals surface area (Å²) in [5.41, 5.74) is 7.23. The van der Waals surface area contributed by atoms with E-state index in [1.165, 1.54) is 0 Å². The van der Waals surface area contributed by atoms with E-state index in [-0.39, 0.29) is 0 Å². The summed E-state index contributed by atoms with van der Waals surface area (Å²) in [5, 5.41) is 0. The van der Waals surface area contributed by atoms with E-state index in [0.717, 1.165) is 11.4 Å². The molecule has 0 unspecified atom stereocenters. The molecule has 0 amide bonds. The Morgan fingerprint density at radius 3 is 2.92 bits per heavy atom. The van der Waals surface area contributed by atoms with E-state index >= 15 is 0 Å². The van der Waals surface area contributed by atoms with Crippen LogP contribution in [0.2, 0.25) is 0 Å². The summed E-state index contributed by atoms with van der Waals surface area (Å²) >= 11 is 0. The minimum Gasteiger partial charge on any atom is -0.398 e. The Hall–Kier alpha value is -1.84. The van der Waals surface area contributed by atoms with Crippen LogP contribution in [0.4, 0.5) is 5.69 Å². The van der Waals surface area contributed by atoms with Crippen molar-refractivity contribution in [3.63, 3.8) is 0 Å². The van der Waals surface area contributed by atoms with Crippen molar-refractivity contribution in [2.24, 2.45) is 0 Å². The summed E-state index contributed by atoms with van der Waals surface area (Å²) < 4.78 is 0. The number of hydrogen-bond donors (Lipinski definition) is 2. The molecule has 2 heterocycles. The Morgan fingerprint density at radius 1 is 1.33 bits per heavy atom. The zero-order valence-electron chi connectivity index (χ0n) is 6.36. The smallest absolute Gasteiger partial charge is 0.140 e. The molecule has 2 rings (SSSR count). The third-order valence-corrected chi connectivity index (χ3v) is 1.61. The van der Waals surface area contributed by atoms with Crippen molar-refractivity contribution in [2.75, 3.05) is 5.73 Å². The van der Waals surface area contributed by atoms with Gasteiger partial charge >= 0.3 is 0 Å². The lowest BCUT2D eigenvalue weighted by Crippen LogP contribution is -1.91.